The fourth-order valence-corrected chi connectivity index (χ4v) is 1.91. The smallest absolute Gasteiger partial charge is 0.408 e. The number of carbonyl (C=O) groups excluding carboxylic acids is 2. The molecule has 0 aromatic heterocycles. The third kappa shape index (κ3) is 4.32. The lowest BCUT2D eigenvalue weighted by Gasteiger charge is -2.17. The average Bonchev–Trinajstić information content (AvgIpc) is 2.59. The quantitative estimate of drug-likeness (QED) is 0.444. The van der Waals surface area contributed by atoms with Crippen molar-refractivity contribution in [3.63, 3.8) is 0 Å². The number of carbonyl (C=O) groups is 2. The Morgan fingerprint density at radius 2 is 1.59 bits per heavy atom. The van der Waals surface area contributed by atoms with E-state index in [4.69, 9.17) is 10.6 Å². The van der Waals surface area contributed by atoms with Crippen LogP contribution in [0.25, 0.3) is 0 Å². The van der Waals surface area contributed by atoms with E-state index in [2.05, 4.69) is 5.32 Å². The number of rotatable bonds is 5. The van der Waals surface area contributed by atoms with E-state index < -0.39 is 18.0 Å². The number of hydrogen-bond acceptors (Lipinski definition) is 4. The van der Waals surface area contributed by atoms with Crippen LogP contribution in [-0.4, -0.2) is 12.0 Å². The van der Waals surface area contributed by atoms with Gasteiger partial charge in [0.25, 0.3) is 5.91 Å². The normalized spacial score (nSPS) is 11.3. The first-order valence-electron chi connectivity index (χ1n) is 6.73. The first-order chi connectivity index (χ1) is 10.7. The van der Waals surface area contributed by atoms with Gasteiger partial charge < -0.3 is 10.1 Å². The third-order valence-electron chi connectivity index (χ3n) is 3.01. The van der Waals surface area contributed by atoms with Crippen LogP contribution in [0.5, 0.6) is 0 Å². The van der Waals surface area contributed by atoms with Crippen molar-refractivity contribution < 1.29 is 14.3 Å². The summed E-state index contributed by atoms with van der Waals surface area (Å²) in [4.78, 5) is 23.7. The minimum Gasteiger partial charge on any atom is -0.445 e. The van der Waals surface area contributed by atoms with E-state index in [-0.39, 0.29) is 6.61 Å². The largest absolute Gasteiger partial charge is 0.445 e. The summed E-state index contributed by atoms with van der Waals surface area (Å²) in [7, 11) is 0. The second kappa shape index (κ2) is 7.80. The molecule has 0 unspecified atom stereocenters. The zero-order valence-corrected chi connectivity index (χ0v) is 11.9. The van der Waals surface area contributed by atoms with E-state index in [0.717, 1.165) is 5.56 Å². The molecule has 0 aliphatic rings. The Kier molecular flexibility index (Phi) is 5.50. The maximum atomic E-state index is 11.9. The number of ether oxygens (including phenoxy) is 1. The predicted molar refractivity (Wildman–Crippen MR) is 81.3 cm³/mol. The van der Waals surface area contributed by atoms with Gasteiger partial charge in [-0.3, -0.25) is 10.2 Å². The van der Waals surface area contributed by atoms with E-state index in [1.807, 2.05) is 41.8 Å². The molecule has 0 spiro atoms. The van der Waals surface area contributed by atoms with Gasteiger partial charge in [-0.05, 0) is 11.1 Å². The Balaban J connectivity index is 1.98. The molecule has 0 saturated carbocycles. The highest BCUT2D eigenvalue weighted by Crippen LogP contribution is 2.13. The lowest BCUT2D eigenvalue weighted by molar-refractivity contribution is -0.123. The van der Waals surface area contributed by atoms with Gasteiger partial charge in [-0.2, -0.15) is 0 Å². The van der Waals surface area contributed by atoms with Crippen molar-refractivity contribution in [1.29, 1.82) is 0 Å². The van der Waals surface area contributed by atoms with E-state index >= 15 is 0 Å². The summed E-state index contributed by atoms with van der Waals surface area (Å²) in [5.41, 5.74) is 3.51. The van der Waals surface area contributed by atoms with Crippen LogP contribution in [0.15, 0.2) is 60.7 Å². The molecular weight excluding hydrogens is 282 g/mol. The number of amides is 2. The predicted octanol–water partition coefficient (Wildman–Crippen LogP) is 1.64. The molecule has 6 heteroatoms. The van der Waals surface area contributed by atoms with Gasteiger partial charge >= 0.3 is 6.09 Å². The summed E-state index contributed by atoms with van der Waals surface area (Å²) in [5, 5.41) is 2.50. The second-order valence-electron chi connectivity index (χ2n) is 4.56. The Bertz CT molecular complexity index is 617. The molecule has 0 saturated heterocycles. The van der Waals surface area contributed by atoms with Crippen molar-refractivity contribution in [2.75, 3.05) is 0 Å². The lowest BCUT2D eigenvalue weighted by Crippen LogP contribution is -2.43. The van der Waals surface area contributed by atoms with Crippen LogP contribution < -0.4 is 16.6 Å². The molecular formula is C16H17N3O3. The molecule has 0 heterocycles. The first kappa shape index (κ1) is 15.5. The highest BCUT2D eigenvalue weighted by molar-refractivity contribution is 5.86. The highest BCUT2D eigenvalue weighted by Gasteiger charge is 2.22. The minimum atomic E-state index is -0.908. The van der Waals surface area contributed by atoms with Crippen LogP contribution >= 0.6 is 0 Å². The Hall–Kier alpha value is -2.86. The van der Waals surface area contributed by atoms with Crippen LogP contribution in [0.1, 0.15) is 17.2 Å². The van der Waals surface area contributed by atoms with E-state index in [1.165, 1.54) is 0 Å². The molecule has 2 aromatic carbocycles. The molecule has 2 aromatic rings. The summed E-state index contributed by atoms with van der Waals surface area (Å²) in [5.74, 6) is 4.63. The van der Waals surface area contributed by atoms with Crippen molar-refractivity contribution >= 4 is 12.0 Å². The molecule has 4 N–H and O–H groups in total. The summed E-state index contributed by atoms with van der Waals surface area (Å²) in [6.07, 6.45) is -0.693. The zero-order chi connectivity index (χ0) is 15.8. The summed E-state index contributed by atoms with van der Waals surface area (Å²) >= 11 is 0. The van der Waals surface area contributed by atoms with Crippen molar-refractivity contribution in [1.82, 2.24) is 10.7 Å². The Morgan fingerprint density at radius 3 is 2.18 bits per heavy atom. The van der Waals surface area contributed by atoms with Gasteiger partial charge in [-0.15, -0.1) is 0 Å². The SMILES string of the molecule is NNC(=O)[C@H](NC(=O)OCc1ccccc1)c1ccccc1. The monoisotopic (exact) mass is 299 g/mol. The number of benzene rings is 2. The van der Waals surface area contributed by atoms with E-state index in [0.29, 0.717) is 5.56 Å². The minimum absolute atomic E-state index is 0.123. The maximum absolute atomic E-state index is 11.9. The summed E-state index contributed by atoms with van der Waals surface area (Å²) in [6.45, 7) is 0.123. The average molecular weight is 299 g/mol. The maximum Gasteiger partial charge on any atom is 0.408 e. The number of hydrazine groups is 1. The molecule has 2 amide bonds. The Morgan fingerprint density at radius 1 is 1.00 bits per heavy atom. The highest BCUT2D eigenvalue weighted by atomic mass is 16.5. The fourth-order valence-electron chi connectivity index (χ4n) is 1.91. The van der Waals surface area contributed by atoms with Crippen LogP contribution in [0.4, 0.5) is 4.79 Å². The lowest BCUT2D eigenvalue weighted by atomic mass is 10.1. The van der Waals surface area contributed by atoms with Crippen molar-refractivity contribution in [3.8, 4) is 0 Å². The number of alkyl carbamates (subject to hydrolysis) is 1. The second-order valence-corrected chi connectivity index (χ2v) is 4.56. The molecule has 0 fully saturated rings. The molecule has 0 aliphatic carbocycles. The van der Waals surface area contributed by atoms with E-state index in [9.17, 15) is 9.59 Å². The van der Waals surface area contributed by atoms with Crippen LogP contribution in [-0.2, 0) is 16.1 Å². The first-order valence-corrected chi connectivity index (χ1v) is 6.73. The van der Waals surface area contributed by atoms with Gasteiger partial charge in [-0.1, -0.05) is 60.7 Å². The van der Waals surface area contributed by atoms with Gasteiger partial charge in [-0.25, -0.2) is 10.6 Å². The molecule has 22 heavy (non-hydrogen) atoms. The molecule has 114 valence electrons. The van der Waals surface area contributed by atoms with Crippen LogP contribution in [0.3, 0.4) is 0 Å². The van der Waals surface area contributed by atoms with Gasteiger partial charge in [0.2, 0.25) is 0 Å². The fraction of sp³-hybridized carbons (Fsp3) is 0.125. The topological polar surface area (TPSA) is 93.5 Å². The molecule has 0 bridgehead atoms. The molecule has 1 atom stereocenters. The van der Waals surface area contributed by atoms with Crippen molar-refractivity contribution in [2.45, 2.75) is 12.6 Å². The summed E-state index contributed by atoms with van der Waals surface area (Å²) < 4.78 is 5.10. The third-order valence-corrected chi connectivity index (χ3v) is 3.01. The van der Waals surface area contributed by atoms with Crippen LogP contribution in [0.2, 0.25) is 0 Å². The van der Waals surface area contributed by atoms with E-state index in [1.54, 1.807) is 24.3 Å². The van der Waals surface area contributed by atoms with Crippen molar-refractivity contribution in [2.24, 2.45) is 5.84 Å². The van der Waals surface area contributed by atoms with Gasteiger partial charge in [0.15, 0.2) is 0 Å². The zero-order valence-electron chi connectivity index (χ0n) is 11.9. The van der Waals surface area contributed by atoms with Gasteiger partial charge in [0.05, 0.1) is 0 Å². The molecule has 2 rings (SSSR count). The number of nitrogens with one attached hydrogen (secondary N) is 2. The number of hydrogen-bond donors (Lipinski definition) is 3. The van der Waals surface area contributed by atoms with Crippen molar-refractivity contribution in [3.05, 3.63) is 71.8 Å². The van der Waals surface area contributed by atoms with Gasteiger partial charge in [0, 0.05) is 0 Å². The standard InChI is InChI=1S/C16H17N3O3/c17-19-15(20)14(13-9-5-2-6-10-13)18-16(21)22-11-12-7-3-1-4-8-12/h1-10,14H,11,17H2,(H,18,21)(H,19,20)/t14-/m1/s1. The Labute approximate surface area is 128 Å². The molecule has 6 nitrogen and oxygen atoms in total. The molecule has 0 radical (unpaired) electrons. The molecule has 0 aliphatic heterocycles. The summed E-state index contributed by atoms with van der Waals surface area (Å²) in [6, 6.07) is 17.1. The van der Waals surface area contributed by atoms with Crippen LogP contribution in [0, 0.1) is 0 Å². The van der Waals surface area contributed by atoms with Gasteiger partial charge in [0.1, 0.15) is 12.6 Å². The number of nitrogens with two attached hydrogens (primary N) is 1.